The number of amides is 2. The maximum Gasteiger partial charge on any atom is 0.229 e. The van der Waals surface area contributed by atoms with Crippen LogP contribution in [0.15, 0.2) is 47.8 Å². The summed E-state index contributed by atoms with van der Waals surface area (Å²) in [5, 5.41) is 8.26. The van der Waals surface area contributed by atoms with E-state index in [1.807, 2.05) is 47.8 Å². The molecule has 0 saturated heterocycles. The number of aryl methyl sites for hydroxylation is 1. The van der Waals surface area contributed by atoms with Gasteiger partial charge in [-0.2, -0.15) is 0 Å². The Hall–Kier alpha value is -3.39. The summed E-state index contributed by atoms with van der Waals surface area (Å²) in [6.45, 7) is 4.48. The number of rotatable bonds is 8. The van der Waals surface area contributed by atoms with Crippen molar-refractivity contribution in [1.29, 1.82) is 0 Å². The first-order valence-electron chi connectivity index (χ1n) is 11.0. The summed E-state index contributed by atoms with van der Waals surface area (Å²) in [4.78, 5) is 28.4. The number of aromatic nitrogens is 1. The lowest BCUT2D eigenvalue weighted by Gasteiger charge is -2.26. The lowest BCUT2D eigenvalue weighted by molar-refractivity contribution is -0.120. The predicted octanol–water partition coefficient (Wildman–Crippen LogP) is 4.74. The topological polar surface area (TPSA) is 89.5 Å². The highest BCUT2D eigenvalue weighted by atomic mass is 32.1. The van der Waals surface area contributed by atoms with Gasteiger partial charge in [-0.25, -0.2) is 4.98 Å². The van der Waals surface area contributed by atoms with E-state index in [9.17, 15) is 9.59 Å². The van der Waals surface area contributed by atoms with Gasteiger partial charge in [0, 0.05) is 29.9 Å². The van der Waals surface area contributed by atoms with Crippen LogP contribution < -0.4 is 20.1 Å². The van der Waals surface area contributed by atoms with Crippen molar-refractivity contribution in [3.05, 3.63) is 59.0 Å². The molecule has 2 amide bonds. The van der Waals surface area contributed by atoms with Crippen LogP contribution in [-0.4, -0.2) is 30.0 Å². The minimum Gasteiger partial charge on any atom is -0.493 e. The molecule has 2 heterocycles. The van der Waals surface area contributed by atoms with E-state index in [4.69, 9.17) is 9.47 Å². The molecule has 2 N–H and O–H groups in total. The highest BCUT2D eigenvalue weighted by Crippen LogP contribution is 2.36. The van der Waals surface area contributed by atoms with Gasteiger partial charge in [-0.15, -0.1) is 11.3 Å². The van der Waals surface area contributed by atoms with E-state index < -0.39 is 0 Å². The second-order valence-corrected chi connectivity index (χ2v) is 8.68. The Morgan fingerprint density at radius 2 is 2.03 bits per heavy atom. The molecule has 8 heteroatoms. The molecule has 1 aromatic heterocycles. The lowest BCUT2D eigenvalue weighted by atomic mass is 9.97. The molecule has 2 aromatic carbocycles. The molecule has 0 bridgehead atoms. The summed E-state index contributed by atoms with van der Waals surface area (Å²) in [5.74, 6) is 1.31. The Morgan fingerprint density at radius 3 is 2.79 bits per heavy atom. The minimum absolute atomic E-state index is 0.0705. The number of benzene rings is 2. The zero-order valence-electron chi connectivity index (χ0n) is 18.7. The number of nitrogens with zero attached hydrogens (tertiary/aromatic N) is 1. The normalized spacial score (nSPS) is 14.7. The Labute approximate surface area is 197 Å². The number of nitrogens with one attached hydrogen (secondary N) is 2. The van der Waals surface area contributed by atoms with Crippen molar-refractivity contribution in [2.45, 2.75) is 39.2 Å². The molecule has 3 aromatic rings. The second-order valence-electron chi connectivity index (χ2n) is 7.82. The largest absolute Gasteiger partial charge is 0.493 e. The number of ether oxygens (including phenoxy) is 2. The summed E-state index contributed by atoms with van der Waals surface area (Å²) in [6.07, 6.45) is 1.94. The summed E-state index contributed by atoms with van der Waals surface area (Å²) < 4.78 is 11.4. The van der Waals surface area contributed by atoms with Crippen LogP contribution in [0.5, 0.6) is 11.5 Å². The first-order valence-corrected chi connectivity index (χ1v) is 11.9. The van der Waals surface area contributed by atoms with Crippen molar-refractivity contribution >= 4 is 28.3 Å². The molecule has 1 unspecified atom stereocenters. The van der Waals surface area contributed by atoms with Gasteiger partial charge in [-0.3, -0.25) is 9.59 Å². The second kappa shape index (κ2) is 10.5. The van der Waals surface area contributed by atoms with Crippen LogP contribution in [0.25, 0.3) is 11.3 Å². The molecular weight excluding hydrogens is 438 g/mol. The van der Waals surface area contributed by atoms with Crippen molar-refractivity contribution < 1.29 is 19.1 Å². The van der Waals surface area contributed by atoms with Gasteiger partial charge < -0.3 is 20.1 Å². The maximum absolute atomic E-state index is 12.3. The standard InChI is InChI=1S/C25H27N3O4S/c1-3-17-4-7-19(8-5-17)31-13-11-24(30)28-25-27-22(15-33-25)18-6-9-23-20(14-18)21(10-12-32-23)26-16(2)29/h4-9,14-15,21H,3,10-13H2,1-2H3,(H,26,29)(H,27,28,30). The van der Waals surface area contributed by atoms with Crippen molar-refractivity contribution in [2.24, 2.45) is 0 Å². The Morgan fingerprint density at radius 1 is 1.21 bits per heavy atom. The van der Waals surface area contributed by atoms with Crippen LogP contribution in [0, 0.1) is 0 Å². The first-order chi connectivity index (χ1) is 16.0. The molecule has 33 heavy (non-hydrogen) atoms. The van der Waals surface area contributed by atoms with E-state index in [2.05, 4.69) is 22.5 Å². The van der Waals surface area contributed by atoms with E-state index in [0.29, 0.717) is 18.3 Å². The molecule has 1 aliphatic rings. The number of hydrogen-bond donors (Lipinski definition) is 2. The third-order valence-corrected chi connectivity index (χ3v) is 6.16. The summed E-state index contributed by atoms with van der Waals surface area (Å²) >= 11 is 1.37. The van der Waals surface area contributed by atoms with E-state index in [1.54, 1.807) is 0 Å². The molecular formula is C25H27N3O4S. The van der Waals surface area contributed by atoms with Crippen LogP contribution in [0.2, 0.25) is 0 Å². The summed E-state index contributed by atoms with van der Waals surface area (Å²) in [7, 11) is 0. The Bertz CT molecular complexity index is 1130. The third-order valence-electron chi connectivity index (χ3n) is 5.40. The van der Waals surface area contributed by atoms with Crippen molar-refractivity contribution in [1.82, 2.24) is 10.3 Å². The van der Waals surface area contributed by atoms with Crippen molar-refractivity contribution in [3.63, 3.8) is 0 Å². The number of thiazole rings is 1. The van der Waals surface area contributed by atoms with E-state index >= 15 is 0 Å². The van der Waals surface area contributed by atoms with Crippen molar-refractivity contribution in [2.75, 3.05) is 18.5 Å². The zero-order valence-corrected chi connectivity index (χ0v) is 19.5. The molecule has 0 fully saturated rings. The Kier molecular flexibility index (Phi) is 7.24. The fourth-order valence-corrected chi connectivity index (χ4v) is 4.41. The van der Waals surface area contributed by atoms with Crippen LogP contribution in [-0.2, 0) is 16.0 Å². The SMILES string of the molecule is CCc1ccc(OCCC(=O)Nc2nc(-c3ccc4c(c3)C(NC(C)=O)CCO4)cs2)cc1. The monoisotopic (exact) mass is 465 g/mol. The molecule has 0 radical (unpaired) electrons. The molecule has 1 atom stereocenters. The molecule has 0 saturated carbocycles. The van der Waals surface area contributed by atoms with Gasteiger partial charge in [-0.05, 0) is 42.3 Å². The quantitative estimate of drug-likeness (QED) is 0.502. The third kappa shape index (κ3) is 5.90. The molecule has 1 aliphatic heterocycles. The number of carbonyl (C=O) groups is 2. The summed E-state index contributed by atoms with van der Waals surface area (Å²) in [5.41, 5.74) is 3.86. The number of carbonyl (C=O) groups excluding carboxylic acids is 2. The molecule has 4 rings (SSSR count). The van der Waals surface area contributed by atoms with Gasteiger partial charge in [-0.1, -0.05) is 19.1 Å². The fraction of sp³-hybridized carbons (Fsp3) is 0.320. The maximum atomic E-state index is 12.3. The first kappa shape index (κ1) is 22.8. The van der Waals surface area contributed by atoms with E-state index in [-0.39, 0.29) is 24.3 Å². The van der Waals surface area contributed by atoms with Crippen LogP contribution in [0.3, 0.4) is 0 Å². The molecule has 172 valence electrons. The molecule has 0 spiro atoms. The average molecular weight is 466 g/mol. The van der Waals surface area contributed by atoms with Gasteiger partial charge in [0.05, 0.1) is 31.4 Å². The number of fused-ring (bicyclic) bond motifs is 1. The molecule has 0 aliphatic carbocycles. The van der Waals surface area contributed by atoms with Crippen LogP contribution in [0.1, 0.15) is 43.9 Å². The lowest BCUT2D eigenvalue weighted by Crippen LogP contribution is -2.30. The smallest absolute Gasteiger partial charge is 0.229 e. The van der Waals surface area contributed by atoms with Gasteiger partial charge in [0.25, 0.3) is 0 Å². The van der Waals surface area contributed by atoms with Gasteiger partial charge in [0.2, 0.25) is 11.8 Å². The predicted molar refractivity (Wildman–Crippen MR) is 129 cm³/mol. The number of hydrogen-bond acceptors (Lipinski definition) is 6. The van der Waals surface area contributed by atoms with E-state index in [0.717, 1.165) is 41.2 Å². The van der Waals surface area contributed by atoms with Crippen molar-refractivity contribution in [3.8, 4) is 22.8 Å². The zero-order chi connectivity index (χ0) is 23.2. The van der Waals surface area contributed by atoms with Gasteiger partial charge in [0.1, 0.15) is 11.5 Å². The summed E-state index contributed by atoms with van der Waals surface area (Å²) in [6, 6.07) is 13.6. The highest BCUT2D eigenvalue weighted by Gasteiger charge is 2.23. The number of anilines is 1. The minimum atomic E-state index is -0.148. The van der Waals surface area contributed by atoms with Crippen LogP contribution in [0.4, 0.5) is 5.13 Å². The van der Waals surface area contributed by atoms with Gasteiger partial charge >= 0.3 is 0 Å². The average Bonchev–Trinajstić information content (AvgIpc) is 3.27. The van der Waals surface area contributed by atoms with Crippen LogP contribution >= 0.6 is 11.3 Å². The molecule has 7 nitrogen and oxygen atoms in total. The van der Waals surface area contributed by atoms with Gasteiger partial charge in [0.15, 0.2) is 5.13 Å². The Balaban J connectivity index is 1.34. The fourth-order valence-electron chi connectivity index (χ4n) is 3.68. The highest BCUT2D eigenvalue weighted by molar-refractivity contribution is 7.14. The van der Waals surface area contributed by atoms with E-state index in [1.165, 1.54) is 23.8 Å².